The monoisotopic (exact) mass is 359 g/mol. The van der Waals surface area contributed by atoms with E-state index >= 15 is 0 Å². The lowest BCUT2D eigenvalue weighted by Crippen LogP contribution is -2.46. The van der Waals surface area contributed by atoms with Gasteiger partial charge in [0.15, 0.2) is 5.82 Å². The first-order chi connectivity index (χ1) is 11.7. The Kier molecular flexibility index (Phi) is 5.56. The van der Waals surface area contributed by atoms with Crippen LogP contribution >= 0.6 is 23.4 Å². The van der Waals surface area contributed by atoms with Gasteiger partial charge in [0.25, 0.3) is 0 Å². The minimum atomic E-state index is 0.580. The van der Waals surface area contributed by atoms with Gasteiger partial charge in [-0.05, 0) is 24.0 Å². The second-order valence-corrected chi connectivity index (χ2v) is 6.81. The van der Waals surface area contributed by atoms with E-state index in [-0.39, 0.29) is 0 Å². The van der Waals surface area contributed by atoms with Crippen LogP contribution in [0.2, 0.25) is 5.02 Å². The van der Waals surface area contributed by atoms with Crippen LogP contribution in [-0.2, 0) is 6.54 Å². The first-order valence-electron chi connectivity index (χ1n) is 7.72. The quantitative estimate of drug-likeness (QED) is 0.617. The van der Waals surface area contributed by atoms with Gasteiger partial charge in [-0.2, -0.15) is 5.26 Å². The summed E-state index contributed by atoms with van der Waals surface area (Å²) in [5.74, 6) is 0.753. The lowest BCUT2D eigenvalue weighted by atomic mass is 10.2. The molecule has 3 rings (SSSR count). The average molecular weight is 360 g/mol. The Morgan fingerprint density at radius 2 is 1.88 bits per heavy atom. The number of piperazine rings is 1. The zero-order chi connectivity index (χ0) is 16.9. The Morgan fingerprint density at radius 1 is 1.17 bits per heavy atom. The molecule has 0 bridgehead atoms. The summed E-state index contributed by atoms with van der Waals surface area (Å²) in [6, 6.07) is 10.2. The van der Waals surface area contributed by atoms with Crippen molar-refractivity contribution >= 4 is 29.2 Å². The van der Waals surface area contributed by atoms with Crippen molar-refractivity contribution in [3.05, 3.63) is 46.7 Å². The second kappa shape index (κ2) is 7.84. The van der Waals surface area contributed by atoms with Gasteiger partial charge in [0.1, 0.15) is 23.0 Å². The van der Waals surface area contributed by atoms with E-state index in [2.05, 4.69) is 38.0 Å². The molecule has 1 aliphatic heterocycles. The van der Waals surface area contributed by atoms with Crippen LogP contribution in [0.15, 0.2) is 35.6 Å². The average Bonchev–Trinajstić information content (AvgIpc) is 2.63. The molecular formula is C17H18ClN5S. The van der Waals surface area contributed by atoms with Crippen molar-refractivity contribution < 1.29 is 0 Å². The Labute approximate surface area is 151 Å². The van der Waals surface area contributed by atoms with Gasteiger partial charge in [-0.25, -0.2) is 9.97 Å². The number of benzene rings is 1. The van der Waals surface area contributed by atoms with Gasteiger partial charge >= 0.3 is 0 Å². The van der Waals surface area contributed by atoms with Crippen LogP contribution < -0.4 is 4.90 Å². The molecule has 124 valence electrons. The molecule has 0 unspecified atom stereocenters. The van der Waals surface area contributed by atoms with Gasteiger partial charge in [-0.1, -0.05) is 23.7 Å². The Bertz CT molecular complexity index is 736. The van der Waals surface area contributed by atoms with Gasteiger partial charge in [0, 0.05) is 37.7 Å². The summed E-state index contributed by atoms with van der Waals surface area (Å²) in [6.45, 7) is 4.49. The van der Waals surface area contributed by atoms with Crippen LogP contribution in [0, 0.1) is 11.3 Å². The lowest BCUT2D eigenvalue weighted by molar-refractivity contribution is 0.249. The van der Waals surface area contributed by atoms with E-state index in [0.29, 0.717) is 5.56 Å². The molecule has 0 N–H and O–H groups in total. The zero-order valence-electron chi connectivity index (χ0n) is 13.4. The molecule has 1 aliphatic rings. The SMILES string of the molecule is CSc1ncnc(N2CCN(Cc3ccc(Cl)cc3)CC2)c1C#N. The van der Waals surface area contributed by atoms with E-state index in [4.69, 9.17) is 11.6 Å². The molecule has 5 nitrogen and oxygen atoms in total. The summed E-state index contributed by atoms with van der Waals surface area (Å²) in [5.41, 5.74) is 1.84. The third-order valence-corrected chi connectivity index (χ3v) is 5.04. The summed E-state index contributed by atoms with van der Waals surface area (Å²) < 4.78 is 0. The molecular weight excluding hydrogens is 342 g/mol. The van der Waals surface area contributed by atoms with Gasteiger partial charge in [-0.3, -0.25) is 4.90 Å². The molecule has 1 aromatic heterocycles. The molecule has 0 atom stereocenters. The number of rotatable bonds is 4. The highest BCUT2D eigenvalue weighted by atomic mass is 35.5. The highest BCUT2D eigenvalue weighted by Crippen LogP contribution is 2.25. The highest BCUT2D eigenvalue weighted by Gasteiger charge is 2.22. The summed E-state index contributed by atoms with van der Waals surface area (Å²) >= 11 is 7.41. The highest BCUT2D eigenvalue weighted by molar-refractivity contribution is 7.98. The molecule has 0 aliphatic carbocycles. The summed E-state index contributed by atoms with van der Waals surface area (Å²) in [4.78, 5) is 13.1. The number of aromatic nitrogens is 2. The predicted molar refractivity (Wildman–Crippen MR) is 97.5 cm³/mol. The summed E-state index contributed by atoms with van der Waals surface area (Å²) in [7, 11) is 0. The first kappa shape index (κ1) is 17.0. The van der Waals surface area contributed by atoms with E-state index in [9.17, 15) is 5.26 Å². The number of nitriles is 1. The minimum absolute atomic E-state index is 0.580. The molecule has 2 aromatic rings. The number of hydrogen-bond acceptors (Lipinski definition) is 6. The van der Waals surface area contributed by atoms with Crippen molar-refractivity contribution in [3.8, 4) is 6.07 Å². The molecule has 24 heavy (non-hydrogen) atoms. The summed E-state index contributed by atoms with van der Waals surface area (Å²) in [6.07, 6.45) is 3.47. The van der Waals surface area contributed by atoms with Crippen LogP contribution in [0.4, 0.5) is 5.82 Å². The predicted octanol–water partition coefficient (Wildman–Crippen LogP) is 3.05. The van der Waals surface area contributed by atoms with Crippen molar-refractivity contribution in [1.29, 1.82) is 5.26 Å². The number of hydrogen-bond donors (Lipinski definition) is 0. The summed E-state index contributed by atoms with van der Waals surface area (Å²) in [5, 5.41) is 10.9. The van der Waals surface area contributed by atoms with Gasteiger partial charge in [0.05, 0.1) is 0 Å². The number of nitrogens with zero attached hydrogens (tertiary/aromatic N) is 5. The van der Waals surface area contributed by atoms with Crippen LogP contribution in [0.25, 0.3) is 0 Å². The lowest BCUT2D eigenvalue weighted by Gasteiger charge is -2.35. The second-order valence-electron chi connectivity index (χ2n) is 5.58. The number of thioether (sulfide) groups is 1. The third kappa shape index (κ3) is 3.81. The molecule has 1 fully saturated rings. The largest absolute Gasteiger partial charge is 0.353 e. The Hall–Kier alpha value is -1.81. The molecule has 0 spiro atoms. The van der Waals surface area contributed by atoms with Crippen molar-refractivity contribution in [3.63, 3.8) is 0 Å². The van der Waals surface area contributed by atoms with Gasteiger partial charge in [0.2, 0.25) is 0 Å². The van der Waals surface area contributed by atoms with Crippen molar-refractivity contribution in [1.82, 2.24) is 14.9 Å². The Balaban J connectivity index is 1.65. The fraction of sp³-hybridized carbons (Fsp3) is 0.353. The van der Waals surface area contributed by atoms with Crippen LogP contribution in [0.1, 0.15) is 11.1 Å². The van der Waals surface area contributed by atoms with E-state index < -0.39 is 0 Å². The van der Waals surface area contributed by atoms with E-state index in [1.165, 1.54) is 17.3 Å². The molecule has 0 amide bonds. The number of halogens is 1. The fourth-order valence-electron chi connectivity index (χ4n) is 2.82. The molecule has 0 saturated carbocycles. The Morgan fingerprint density at radius 3 is 2.50 bits per heavy atom. The van der Waals surface area contributed by atoms with Crippen molar-refractivity contribution in [2.75, 3.05) is 37.3 Å². The van der Waals surface area contributed by atoms with E-state index in [0.717, 1.165) is 48.6 Å². The smallest absolute Gasteiger partial charge is 0.151 e. The van der Waals surface area contributed by atoms with Crippen molar-refractivity contribution in [2.24, 2.45) is 0 Å². The fourth-order valence-corrected chi connectivity index (χ4v) is 3.44. The first-order valence-corrected chi connectivity index (χ1v) is 9.32. The maximum absolute atomic E-state index is 9.44. The van der Waals surface area contributed by atoms with Crippen molar-refractivity contribution in [2.45, 2.75) is 11.6 Å². The van der Waals surface area contributed by atoms with E-state index in [1.54, 1.807) is 6.33 Å². The van der Waals surface area contributed by atoms with Gasteiger partial charge in [-0.15, -0.1) is 11.8 Å². The molecule has 0 radical (unpaired) electrons. The maximum atomic E-state index is 9.44. The van der Waals surface area contributed by atoms with Crippen LogP contribution in [-0.4, -0.2) is 47.3 Å². The normalized spacial score (nSPS) is 15.3. The molecule has 2 heterocycles. The topological polar surface area (TPSA) is 56.1 Å². The number of anilines is 1. The van der Waals surface area contributed by atoms with Crippen LogP contribution in [0.3, 0.4) is 0 Å². The third-order valence-electron chi connectivity index (χ3n) is 4.09. The molecule has 1 aromatic carbocycles. The van der Waals surface area contributed by atoms with Crippen LogP contribution in [0.5, 0.6) is 0 Å². The standard InChI is InChI=1S/C17H18ClN5S/c1-24-17-15(10-19)16(20-12-21-17)23-8-6-22(7-9-23)11-13-2-4-14(18)5-3-13/h2-5,12H,6-9,11H2,1H3. The van der Waals surface area contributed by atoms with Gasteiger partial charge < -0.3 is 4.90 Å². The zero-order valence-corrected chi connectivity index (χ0v) is 15.0. The molecule has 1 saturated heterocycles. The van der Waals surface area contributed by atoms with E-state index in [1.807, 2.05) is 18.4 Å². The maximum Gasteiger partial charge on any atom is 0.151 e. The minimum Gasteiger partial charge on any atom is -0.353 e. The molecule has 7 heteroatoms.